The van der Waals surface area contributed by atoms with Crippen molar-refractivity contribution in [2.45, 2.75) is 25.4 Å². The summed E-state index contributed by atoms with van der Waals surface area (Å²) in [5.41, 5.74) is -0.911. The first-order chi connectivity index (χ1) is 8.47. The number of nitrogens with zero attached hydrogens (tertiary/aromatic N) is 2. The van der Waals surface area contributed by atoms with Crippen LogP contribution in [0.15, 0.2) is 21.9 Å². The number of aliphatic hydroxyl groups excluding tert-OH is 2. The van der Waals surface area contributed by atoms with Crippen molar-refractivity contribution in [3.63, 3.8) is 0 Å². The predicted molar refractivity (Wildman–Crippen MR) is 62.1 cm³/mol. The number of aromatic nitrogens is 2. The molecule has 0 spiro atoms. The summed E-state index contributed by atoms with van der Waals surface area (Å²) in [5, 5.41) is 18.9. The van der Waals surface area contributed by atoms with E-state index in [0.717, 1.165) is 4.57 Å². The Hall–Kier alpha value is -1.44. The molecule has 0 radical (unpaired) electrons. The summed E-state index contributed by atoms with van der Waals surface area (Å²) in [7, 11) is 1.38. The zero-order valence-corrected chi connectivity index (χ0v) is 10.2. The maximum Gasteiger partial charge on any atom is 0.332 e. The van der Waals surface area contributed by atoms with Gasteiger partial charge in [0.2, 0.25) is 0 Å². The minimum Gasteiger partial charge on any atom is -0.394 e. The van der Waals surface area contributed by atoms with Crippen LogP contribution in [0.5, 0.6) is 0 Å². The molecule has 7 heteroatoms. The molecule has 0 bridgehead atoms. The summed E-state index contributed by atoms with van der Waals surface area (Å²) >= 11 is 0. The van der Waals surface area contributed by atoms with E-state index < -0.39 is 29.7 Å². The molecule has 0 aliphatic carbocycles. The molecule has 1 fully saturated rings. The van der Waals surface area contributed by atoms with Crippen molar-refractivity contribution in [3.8, 4) is 0 Å². The standard InChI is InChI=1S/C11H16N2O5/c1-6-9(16)7(5-14)18-10(6)13-4-3-8(15)12(2)11(13)17/h3-4,6-7,9-10,14,16H,5H2,1-2H3/t6?,7-,9+,10?/m1/s1. The lowest BCUT2D eigenvalue weighted by Gasteiger charge is -2.18. The topological polar surface area (TPSA) is 93.7 Å². The van der Waals surface area contributed by atoms with Crippen LogP contribution in [0.1, 0.15) is 13.2 Å². The molecule has 2 heterocycles. The largest absolute Gasteiger partial charge is 0.394 e. The lowest BCUT2D eigenvalue weighted by molar-refractivity contribution is -0.0480. The van der Waals surface area contributed by atoms with Crippen molar-refractivity contribution in [1.29, 1.82) is 0 Å². The average molecular weight is 256 g/mol. The molecule has 7 nitrogen and oxygen atoms in total. The van der Waals surface area contributed by atoms with Crippen molar-refractivity contribution >= 4 is 0 Å². The van der Waals surface area contributed by atoms with Crippen LogP contribution in [0.4, 0.5) is 0 Å². The molecule has 4 atom stereocenters. The average Bonchev–Trinajstić information content (AvgIpc) is 2.64. The first-order valence-corrected chi connectivity index (χ1v) is 5.70. The van der Waals surface area contributed by atoms with Crippen molar-refractivity contribution in [2.24, 2.45) is 13.0 Å². The second kappa shape index (κ2) is 4.68. The summed E-state index contributed by atoms with van der Waals surface area (Å²) in [5.74, 6) is -0.350. The molecule has 1 aromatic rings. The van der Waals surface area contributed by atoms with Crippen LogP contribution in [0.2, 0.25) is 0 Å². The van der Waals surface area contributed by atoms with E-state index in [0.29, 0.717) is 0 Å². The van der Waals surface area contributed by atoms with Gasteiger partial charge in [0.25, 0.3) is 5.56 Å². The van der Waals surface area contributed by atoms with Gasteiger partial charge < -0.3 is 14.9 Å². The molecule has 2 N–H and O–H groups in total. The van der Waals surface area contributed by atoms with Gasteiger partial charge in [-0.3, -0.25) is 13.9 Å². The van der Waals surface area contributed by atoms with E-state index in [-0.39, 0.29) is 12.5 Å². The first-order valence-electron chi connectivity index (χ1n) is 5.70. The van der Waals surface area contributed by atoms with Crippen molar-refractivity contribution in [3.05, 3.63) is 33.1 Å². The van der Waals surface area contributed by atoms with Gasteiger partial charge in [-0.05, 0) is 0 Å². The predicted octanol–water partition coefficient (Wildman–Crippen LogP) is -1.57. The molecule has 1 saturated heterocycles. The Morgan fingerprint density at radius 1 is 1.44 bits per heavy atom. The van der Waals surface area contributed by atoms with Gasteiger partial charge in [-0.15, -0.1) is 0 Å². The molecule has 100 valence electrons. The smallest absolute Gasteiger partial charge is 0.332 e. The molecule has 2 rings (SSSR count). The van der Waals surface area contributed by atoms with Gasteiger partial charge >= 0.3 is 5.69 Å². The van der Waals surface area contributed by atoms with Gasteiger partial charge in [0.15, 0.2) is 0 Å². The molecule has 0 aromatic carbocycles. The quantitative estimate of drug-likeness (QED) is 0.667. The van der Waals surface area contributed by atoms with E-state index in [1.165, 1.54) is 23.9 Å². The van der Waals surface area contributed by atoms with Gasteiger partial charge in [-0.2, -0.15) is 0 Å². The Morgan fingerprint density at radius 2 is 2.11 bits per heavy atom. The van der Waals surface area contributed by atoms with Gasteiger partial charge in [-0.1, -0.05) is 6.92 Å². The van der Waals surface area contributed by atoms with Crippen LogP contribution in [0, 0.1) is 5.92 Å². The molecular weight excluding hydrogens is 240 g/mol. The highest BCUT2D eigenvalue weighted by Crippen LogP contribution is 2.33. The second-order valence-corrected chi connectivity index (χ2v) is 4.50. The van der Waals surface area contributed by atoms with E-state index in [1.54, 1.807) is 6.92 Å². The number of hydrogen-bond donors (Lipinski definition) is 2. The maximum atomic E-state index is 11.9. The summed E-state index contributed by atoms with van der Waals surface area (Å²) in [4.78, 5) is 23.2. The summed E-state index contributed by atoms with van der Waals surface area (Å²) in [6.07, 6.45) is -0.895. The summed E-state index contributed by atoms with van der Waals surface area (Å²) in [6, 6.07) is 1.26. The fraction of sp³-hybridized carbons (Fsp3) is 0.636. The molecular formula is C11H16N2O5. The Balaban J connectivity index is 2.42. The van der Waals surface area contributed by atoms with Gasteiger partial charge in [0.05, 0.1) is 12.7 Å². The van der Waals surface area contributed by atoms with E-state index in [2.05, 4.69) is 0 Å². The monoisotopic (exact) mass is 256 g/mol. The molecule has 0 amide bonds. The molecule has 18 heavy (non-hydrogen) atoms. The van der Waals surface area contributed by atoms with Crippen molar-refractivity contribution in [1.82, 2.24) is 9.13 Å². The van der Waals surface area contributed by atoms with Crippen LogP contribution >= 0.6 is 0 Å². The van der Waals surface area contributed by atoms with Crippen LogP contribution in [-0.4, -0.2) is 38.2 Å². The third-order valence-electron chi connectivity index (χ3n) is 3.35. The molecule has 2 unspecified atom stereocenters. The summed E-state index contributed by atoms with van der Waals surface area (Å²) < 4.78 is 7.67. The third-order valence-corrected chi connectivity index (χ3v) is 3.35. The molecule has 1 aliphatic rings. The Labute approximate surface area is 103 Å². The van der Waals surface area contributed by atoms with E-state index in [9.17, 15) is 14.7 Å². The third kappa shape index (κ3) is 1.90. The zero-order chi connectivity index (χ0) is 13.4. The SMILES string of the molecule is CC1C(n2ccc(=O)n(C)c2=O)O[C@H](CO)[C@H]1O. The van der Waals surface area contributed by atoms with Crippen LogP contribution < -0.4 is 11.2 Å². The van der Waals surface area contributed by atoms with Crippen LogP contribution in [-0.2, 0) is 11.8 Å². The van der Waals surface area contributed by atoms with E-state index >= 15 is 0 Å². The fourth-order valence-corrected chi connectivity index (χ4v) is 2.14. The van der Waals surface area contributed by atoms with Gasteiger partial charge in [-0.25, -0.2) is 4.79 Å². The number of ether oxygens (including phenoxy) is 1. The Kier molecular flexibility index (Phi) is 3.38. The lowest BCUT2D eigenvalue weighted by atomic mass is 10.0. The van der Waals surface area contributed by atoms with Crippen molar-refractivity contribution in [2.75, 3.05) is 6.61 Å². The van der Waals surface area contributed by atoms with Gasteiger partial charge in [0.1, 0.15) is 12.3 Å². The molecule has 1 aliphatic heterocycles. The van der Waals surface area contributed by atoms with Gasteiger partial charge in [0, 0.05) is 25.2 Å². The van der Waals surface area contributed by atoms with Crippen molar-refractivity contribution < 1.29 is 14.9 Å². The Morgan fingerprint density at radius 3 is 2.67 bits per heavy atom. The number of hydrogen-bond acceptors (Lipinski definition) is 5. The normalized spacial score (nSPS) is 31.8. The number of aliphatic hydroxyl groups is 2. The fourth-order valence-electron chi connectivity index (χ4n) is 2.14. The maximum absolute atomic E-state index is 11.9. The highest BCUT2D eigenvalue weighted by Gasteiger charge is 2.41. The zero-order valence-electron chi connectivity index (χ0n) is 10.2. The second-order valence-electron chi connectivity index (χ2n) is 4.50. The highest BCUT2D eigenvalue weighted by molar-refractivity contribution is 4.92. The highest BCUT2D eigenvalue weighted by atomic mass is 16.5. The Bertz CT molecular complexity index is 549. The first kappa shape index (κ1) is 13.0. The molecule has 0 saturated carbocycles. The number of rotatable bonds is 2. The lowest BCUT2D eigenvalue weighted by Crippen LogP contribution is -2.39. The molecule has 1 aromatic heterocycles. The van der Waals surface area contributed by atoms with E-state index in [4.69, 9.17) is 9.84 Å². The minimum atomic E-state index is -0.843. The van der Waals surface area contributed by atoms with E-state index in [1.807, 2.05) is 0 Å². The van der Waals surface area contributed by atoms with Crippen LogP contribution in [0.25, 0.3) is 0 Å². The van der Waals surface area contributed by atoms with Crippen LogP contribution in [0.3, 0.4) is 0 Å². The minimum absolute atomic E-state index is 0.317. The summed E-state index contributed by atoms with van der Waals surface area (Å²) in [6.45, 7) is 1.41.